The van der Waals surface area contributed by atoms with Gasteiger partial charge in [0, 0.05) is 19.6 Å². The van der Waals surface area contributed by atoms with Gasteiger partial charge in [0.05, 0.1) is 25.4 Å². The van der Waals surface area contributed by atoms with Crippen LogP contribution in [0.15, 0.2) is 0 Å². The summed E-state index contributed by atoms with van der Waals surface area (Å²) in [7, 11) is 2.03. The largest absolute Gasteiger partial charge is 0.444 e. The summed E-state index contributed by atoms with van der Waals surface area (Å²) >= 11 is 0. The van der Waals surface area contributed by atoms with Crippen molar-refractivity contribution in [3.8, 4) is 0 Å². The number of likely N-dealkylation sites (N-methyl/N-ethyl adjacent to an activating group) is 1. The highest BCUT2D eigenvalue weighted by atomic mass is 16.6. The summed E-state index contributed by atoms with van der Waals surface area (Å²) in [6.45, 7) is 9.06. The minimum Gasteiger partial charge on any atom is -0.444 e. The molecule has 2 fully saturated rings. The fourth-order valence-electron chi connectivity index (χ4n) is 3.37. The molecule has 23 heavy (non-hydrogen) atoms. The molecule has 2 heterocycles. The van der Waals surface area contributed by atoms with Crippen LogP contribution in [0, 0.1) is 5.92 Å². The molecule has 0 radical (unpaired) electrons. The Kier molecular flexibility index (Phi) is 6.28. The van der Waals surface area contributed by atoms with Gasteiger partial charge in [-0.05, 0) is 46.6 Å². The molecule has 3 atom stereocenters. The Morgan fingerprint density at radius 1 is 1.35 bits per heavy atom. The number of carbonyl (C=O) groups excluding carboxylic acids is 1. The molecular weight excluding hydrogens is 296 g/mol. The zero-order valence-electron chi connectivity index (χ0n) is 15.0. The molecule has 1 amide bonds. The van der Waals surface area contributed by atoms with Crippen molar-refractivity contribution in [3.05, 3.63) is 0 Å². The lowest BCUT2D eigenvalue weighted by atomic mass is 10.0. The molecule has 134 valence electrons. The number of likely N-dealkylation sites (tertiary alicyclic amines) is 1. The van der Waals surface area contributed by atoms with E-state index in [1.165, 1.54) is 0 Å². The van der Waals surface area contributed by atoms with E-state index in [2.05, 4.69) is 4.90 Å². The smallest absolute Gasteiger partial charge is 0.410 e. The van der Waals surface area contributed by atoms with E-state index in [-0.39, 0.29) is 12.1 Å². The van der Waals surface area contributed by atoms with Gasteiger partial charge in [-0.3, -0.25) is 4.90 Å². The summed E-state index contributed by atoms with van der Waals surface area (Å²) in [5, 5.41) is 9.96. The van der Waals surface area contributed by atoms with E-state index in [1.807, 2.05) is 32.7 Å². The van der Waals surface area contributed by atoms with Crippen molar-refractivity contribution in [2.24, 2.45) is 5.92 Å². The molecule has 2 aliphatic heterocycles. The maximum Gasteiger partial charge on any atom is 0.410 e. The molecule has 2 saturated heterocycles. The number of rotatable bonds is 3. The van der Waals surface area contributed by atoms with Gasteiger partial charge in [-0.25, -0.2) is 4.79 Å². The number of amides is 1. The molecule has 2 aliphatic rings. The summed E-state index contributed by atoms with van der Waals surface area (Å²) in [6, 6.07) is 0.0632. The van der Waals surface area contributed by atoms with Gasteiger partial charge in [-0.2, -0.15) is 0 Å². The molecular formula is C17H32N2O4. The van der Waals surface area contributed by atoms with Crippen LogP contribution >= 0.6 is 0 Å². The molecule has 0 bridgehead atoms. The highest BCUT2D eigenvalue weighted by Crippen LogP contribution is 2.21. The first kappa shape index (κ1) is 18.5. The van der Waals surface area contributed by atoms with Gasteiger partial charge in [0.2, 0.25) is 0 Å². The zero-order chi connectivity index (χ0) is 17.0. The topological polar surface area (TPSA) is 62.2 Å². The Morgan fingerprint density at radius 2 is 2.09 bits per heavy atom. The molecule has 0 aliphatic carbocycles. The second-order valence-electron chi connectivity index (χ2n) is 7.90. The van der Waals surface area contributed by atoms with E-state index in [4.69, 9.17) is 9.47 Å². The summed E-state index contributed by atoms with van der Waals surface area (Å²) in [4.78, 5) is 16.4. The first-order valence-electron chi connectivity index (χ1n) is 8.70. The van der Waals surface area contributed by atoms with Crippen LogP contribution in [0.3, 0.4) is 0 Å². The van der Waals surface area contributed by atoms with Crippen molar-refractivity contribution < 1.29 is 19.4 Å². The minimum atomic E-state index is -0.457. The van der Waals surface area contributed by atoms with Crippen molar-refractivity contribution in [2.45, 2.75) is 57.8 Å². The lowest BCUT2D eigenvalue weighted by Gasteiger charge is -2.32. The third kappa shape index (κ3) is 5.62. The fraction of sp³-hybridized carbons (Fsp3) is 0.941. The molecule has 2 rings (SSSR count). The van der Waals surface area contributed by atoms with Crippen LogP contribution in [-0.2, 0) is 9.47 Å². The van der Waals surface area contributed by atoms with E-state index in [1.54, 1.807) is 0 Å². The van der Waals surface area contributed by atoms with Crippen molar-refractivity contribution in [1.29, 1.82) is 0 Å². The molecule has 0 aromatic heterocycles. The average molecular weight is 328 g/mol. The normalized spacial score (nSPS) is 29.7. The monoisotopic (exact) mass is 328 g/mol. The Bertz CT molecular complexity index is 397. The van der Waals surface area contributed by atoms with Crippen LogP contribution in [-0.4, -0.2) is 78.6 Å². The maximum atomic E-state index is 12.3. The van der Waals surface area contributed by atoms with Crippen LogP contribution < -0.4 is 0 Å². The zero-order valence-corrected chi connectivity index (χ0v) is 15.0. The number of ether oxygens (including phenoxy) is 2. The maximum absolute atomic E-state index is 12.3. The Morgan fingerprint density at radius 3 is 2.70 bits per heavy atom. The Hall–Kier alpha value is -0.850. The second kappa shape index (κ2) is 7.81. The van der Waals surface area contributed by atoms with Gasteiger partial charge < -0.3 is 19.5 Å². The molecule has 0 saturated carbocycles. The summed E-state index contributed by atoms with van der Waals surface area (Å²) < 4.78 is 10.9. The van der Waals surface area contributed by atoms with Crippen LogP contribution in [0.1, 0.15) is 40.0 Å². The van der Waals surface area contributed by atoms with Gasteiger partial charge >= 0.3 is 6.09 Å². The number of aliphatic hydroxyl groups excluding tert-OH is 1. The van der Waals surface area contributed by atoms with Crippen molar-refractivity contribution >= 4 is 6.09 Å². The summed E-state index contributed by atoms with van der Waals surface area (Å²) in [6.07, 6.45) is 2.63. The van der Waals surface area contributed by atoms with Crippen LogP contribution in [0.25, 0.3) is 0 Å². The van der Waals surface area contributed by atoms with Gasteiger partial charge in [0.1, 0.15) is 5.60 Å². The molecule has 0 unspecified atom stereocenters. The highest BCUT2D eigenvalue weighted by molar-refractivity contribution is 5.68. The Labute approximate surface area is 139 Å². The number of aliphatic hydroxyl groups is 1. The van der Waals surface area contributed by atoms with Crippen LogP contribution in [0.5, 0.6) is 0 Å². The summed E-state index contributed by atoms with van der Waals surface area (Å²) in [5.41, 5.74) is -0.457. The lowest BCUT2D eigenvalue weighted by molar-refractivity contribution is 0.0212. The third-order valence-corrected chi connectivity index (χ3v) is 4.55. The predicted molar refractivity (Wildman–Crippen MR) is 88.4 cm³/mol. The third-order valence-electron chi connectivity index (χ3n) is 4.55. The van der Waals surface area contributed by atoms with Crippen molar-refractivity contribution in [3.63, 3.8) is 0 Å². The number of hydrogen-bond donors (Lipinski definition) is 1. The van der Waals surface area contributed by atoms with E-state index < -0.39 is 11.7 Å². The number of hydrogen-bond acceptors (Lipinski definition) is 5. The molecule has 1 N–H and O–H groups in total. The van der Waals surface area contributed by atoms with Crippen molar-refractivity contribution in [2.75, 3.05) is 39.9 Å². The van der Waals surface area contributed by atoms with Gasteiger partial charge in [-0.1, -0.05) is 6.42 Å². The Balaban J connectivity index is 1.90. The van der Waals surface area contributed by atoms with E-state index >= 15 is 0 Å². The first-order chi connectivity index (χ1) is 10.8. The van der Waals surface area contributed by atoms with Gasteiger partial charge in [0.15, 0.2) is 0 Å². The molecule has 0 spiro atoms. The molecule has 6 heteroatoms. The van der Waals surface area contributed by atoms with Gasteiger partial charge in [-0.15, -0.1) is 0 Å². The highest BCUT2D eigenvalue weighted by Gasteiger charge is 2.32. The standard InChI is InChI=1S/C17H32N2O4/c1-17(2,3)23-16(21)19-8-6-5-7-13(10-19)9-18(4)14-11-22-12-15(14)20/h13-15,20H,5-12H2,1-4H3/t13-,14+,15+/m0/s1. The van der Waals surface area contributed by atoms with Crippen molar-refractivity contribution in [1.82, 2.24) is 9.80 Å². The summed E-state index contributed by atoms with van der Waals surface area (Å²) in [5.74, 6) is 0.405. The number of carbonyl (C=O) groups is 1. The predicted octanol–water partition coefficient (Wildman–Crippen LogP) is 1.72. The quantitative estimate of drug-likeness (QED) is 0.855. The van der Waals surface area contributed by atoms with Crippen LogP contribution in [0.4, 0.5) is 4.79 Å². The van der Waals surface area contributed by atoms with E-state index in [9.17, 15) is 9.90 Å². The molecule has 0 aromatic rings. The molecule has 0 aromatic carbocycles. The number of nitrogens with zero attached hydrogens (tertiary/aromatic N) is 2. The molecule has 6 nitrogen and oxygen atoms in total. The average Bonchev–Trinajstić information content (AvgIpc) is 2.72. The second-order valence-corrected chi connectivity index (χ2v) is 7.90. The lowest BCUT2D eigenvalue weighted by Crippen LogP contribution is -2.45. The first-order valence-corrected chi connectivity index (χ1v) is 8.70. The van der Waals surface area contributed by atoms with Gasteiger partial charge in [0.25, 0.3) is 0 Å². The fourth-order valence-corrected chi connectivity index (χ4v) is 3.37. The minimum absolute atomic E-state index is 0.0632. The van der Waals surface area contributed by atoms with E-state index in [0.717, 1.165) is 38.9 Å². The van der Waals surface area contributed by atoms with Crippen LogP contribution in [0.2, 0.25) is 0 Å². The van der Waals surface area contributed by atoms with E-state index in [0.29, 0.717) is 19.1 Å². The SMILES string of the molecule is CN(C[C@@H]1CCCCN(C(=O)OC(C)(C)C)C1)[C@@H]1COC[C@H]1O.